The van der Waals surface area contributed by atoms with Crippen LogP contribution >= 0.6 is 15.9 Å². The predicted octanol–water partition coefficient (Wildman–Crippen LogP) is 3.26. The third-order valence-electron chi connectivity index (χ3n) is 2.68. The van der Waals surface area contributed by atoms with Crippen molar-refractivity contribution in [2.24, 2.45) is 0 Å². The molecule has 0 fully saturated rings. The number of carbonyl (C=O) groups is 1. The Kier molecular flexibility index (Phi) is 3.01. The summed E-state index contributed by atoms with van der Waals surface area (Å²) in [5, 5.41) is 9.82. The van der Waals surface area contributed by atoms with Gasteiger partial charge in [-0.1, -0.05) is 22.0 Å². The number of fused-ring (bicyclic) bond motifs is 1. The molecule has 0 saturated carbocycles. The van der Waals surface area contributed by atoms with Crippen molar-refractivity contribution in [1.82, 2.24) is 4.98 Å². The van der Waals surface area contributed by atoms with Gasteiger partial charge in [0.1, 0.15) is 0 Å². The lowest BCUT2D eigenvalue weighted by Gasteiger charge is -2.00. The van der Waals surface area contributed by atoms with E-state index >= 15 is 0 Å². The lowest BCUT2D eigenvalue weighted by Crippen LogP contribution is -1.98. The number of aryl methyl sites for hydroxylation is 2. The number of aliphatic carboxylic acids is 1. The number of aromatic nitrogens is 1. The van der Waals surface area contributed by atoms with E-state index in [1.807, 2.05) is 25.1 Å². The first-order valence-electron chi connectivity index (χ1n) is 5.07. The monoisotopic (exact) mass is 281 g/mol. The Labute approximate surface area is 102 Å². The lowest BCUT2D eigenvalue weighted by molar-refractivity contribution is -0.136. The second kappa shape index (κ2) is 4.29. The molecule has 0 amide bonds. The Hall–Kier alpha value is -1.29. The van der Waals surface area contributed by atoms with E-state index in [-0.39, 0.29) is 6.42 Å². The Morgan fingerprint density at radius 1 is 1.50 bits per heavy atom. The fourth-order valence-corrected chi connectivity index (χ4v) is 2.55. The van der Waals surface area contributed by atoms with Crippen LogP contribution in [0.1, 0.15) is 17.7 Å². The highest BCUT2D eigenvalue weighted by atomic mass is 79.9. The summed E-state index contributed by atoms with van der Waals surface area (Å²) < 4.78 is 1.01. The maximum absolute atomic E-state index is 10.6. The molecule has 4 heteroatoms. The van der Waals surface area contributed by atoms with E-state index in [0.717, 1.165) is 26.6 Å². The van der Waals surface area contributed by atoms with Crippen LogP contribution < -0.4 is 0 Å². The zero-order chi connectivity index (χ0) is 11.7. The molecule has 0 aliphatic carbocycles. The van der Waals surface area contributed by atoms with Crippen molar-refractivity contribution in [3.05, 3.63) is 33.9 Å². The van der Waals surface area contributed by atoms with E-state index in [1.165, 1.54) is 0 Å². The lowest BCUT2D eigenvalue weighted by atomic mass is 10.1. The number of carboxylic acid groups (broad SMARTS) is 1. The molecule has 1 aromatic carbocycles. The molecular weight excluding hydrogens is 270 g/mol. The molecule has 0 aliphatic rings. The minimum atomic E-state index is -0.763. The first-order valence-corrected chi connectivity index (χ1v) is 5.86. The normalized spacial score (nSPS) is 10.9. The number of H-pyrrole nitrogens is 1. The van der Waals surface area contributed by atoms with Crippen molar-refractivity contribution in [1.29, 1.82) is 0 Å². The van der Waals surface area contributed by atoms with Gasteiger partial charge in [-0.25, -0.2) is 0 Å². The number of carboxylic acids is 1. The third-order valence-corrected chi connectivity index (χ3v) is 3.34. The fraction of sp³-hybridized carbons (Fsp3) is 0.250. The first-order chi connectivity index (χ1) is 7.59. The van der Waals surface area contributed by atoms with Crippen LogP contribution in [0.2, 0.25) is 0 Å². The Balaban J connectivity index is 2.50. The highest BCUT2D eigenvalue weighted by molar-refractivity contribution is 9.10. The molecule has 2 aromatic rings. The van der Waals surface area contributed by atoms with Crippen LogP contribution in [0.15, 0.2) is 22.7 Å². The summed E-state index contributed by atoms with van der Waals surface area (Å²) >= 11 is 3.50. The van der Waals surface area contributed by atoms with Gasteiger partial charge in [0.2, 0.25) is 0 Å². The van der Waals surface area contributed by atoms with Crippen molar-refractivity contribution in [3.63, 3.8) is 0 Å². The zero-order valence-corrected chi connectivity index (χ0v) is 10.5. The molecule has 0 aliphatic heterocycles. The van der Waals surface area contributed by atoms with E-state index in [0.29, 0.717) is 6.42 Å². The van der Waals surface area contributed by atoms with E-state index in [1.54, 1.807) is 0 Å². The summed E-state index contributed by atoms with van der Waals surface area (Å²) in [6.45, 7) is 1.98. The van der Waals surface area contributed by atoms with Gasteiger partial charge in [0, 0.05) is 27.5 Å². The molecular formula is C12H12BrNO2. The maximum atomic E-state index is 10.6. The summed E-state index contributed by atoms with van der Waals surface area (Å²) in [5.74, 6) is -0.763. The number of nitrogens with one attached hydrogen (secondary N) is 1. The van der Waals surface area contributed by atoms with Crippen LogP contribution in [0.25, 0.3) is 10.9 Å². The second-order valence-corrected chi connectivity index (χ2v) is 4.64. The average molecular weight is 282 g/mol. The molecule has 16 heavy (non-hydrogen) atoms. The molecule has 2 N–H and O–H groups in total. The van der Waals surface area contributed by atoms with Gasteiger partial charge in [-0.3, -0.25) is 4.79 Å². The Morgan fingerprint density at radius 2 is 2.25 bits per heavy atom. The van der Waals surface area contributed by atoms with Crippen LogP contribution in [0, 0.1) is 6.92 Å². The van der Waals surface area contributed by atoms with Crippen molar-refractivity contribution in [2.75, 3.05) is 0 Å². The third kappa shape index (κ3) is 1.97. The van der Waals surface area contributed by atoms with Crippen LogP contribution in [0.4, 0.5) is 0 Å². The van der Waals surface area contributed by atoms with Crippen molar-refractivity contribution >= 4 is 32.8 Å². The number of halogens is 1. The highest BCUT2D eigenvalue weighted by Crippen LogP contribution is 2.30. The topological polar surface area (TPSA) is 53.1 Å². The van der Waals surface area contributed by atoms with E-state index in [4.69, 9.17) is 5.11 Å². The Morgan fingerprint density at radius 3 is 2.94 bits per heavy atom. The van der Waals surface area contributed by atoms with Gasteiger partial charge < -0.3 is 10.1 Å². The van der Waals surface area contributed by atoms with Gasteiger partial charge in [0.25, 0.3) is 0 Å². The summed E-state index contributed by atoms with van der Waals surface area (Å²) in [4.78, 5) is 13.9. The van der Waals surface area contributed by atoms with Gasteiger partial charge >= 0.3 is 5.97 Å². The highest BCUT2D eigenvalue weighted by Gasteiger charge is 2.11. The quantitative estimate of drug-likeness (QED) is 0.907. The number of hydrogen-bond acceptors (Lipinski definition) is 1. The van der Waals surface area contributed by atoms with Crippen molar-refractivity contribution in [2.45, 2.75) is 19.8 Å². The van der Waals surface area contributed by atoms with Crippen LogP contribution in [-0.2, 0) is 11.2 Å². The van der Waals surface area contributed by atoms with Crippen LogP contribution in [0.3, 0.4) is 0 Å². The van der Waals surface area contributed by atoms with Crippen LogP contribution in [-0.4, -0.2) is 16.1 Å². The summed E-state index contributed by atoms with van der Waals surface area (Å²) in [6.07, 6.45) is 0.721. The first kappa shape index (κ1) is 11.2. The summed E-state index contributed by atoms with van der Waals surface area (Å²) in [6, 6.07) is 5.93. The maximum Gasteiger partial charge on any atom is 0.303 e. The standard InChI is InChI=1S/C12H12BrNO2/c1-7-8(5-6-11(15)16)12-9(13)3-2-4-10(12)14-7/h2-4,14H,5-6H2,1H3,(H,15,16). The number of aromatic amines is 1. The molecule has 0 atom stereocenters. The minimum Gasteiger partial charge on any atom is -0.481 e. The number of rotatable bonds is 3. The molecule has 0 radical (unpaired) electrons. The van der Waals surface area contributed by atoms with Gasteiger partial charge in [0.15, 0.2) is 0 Å². The molecule has 0 bridgehead atoms. The predicted molar refractivity (Wildman–Crippen MR) is 66.7 cm³/mol. The molecule has 0 unspecified atom stereocenters. The smallest absolute Gasteiger partial charge is 0.303 e. The molecule has 1 aromatic heterocycles. The van der Waals surface area contributed by atoms with Gasteiger partial charge in [-0.2, -0.15) is 0 Å². The second-order valence-electron chi connectivity index (χ2n) is 3.78. The molecule has 0 saturated heterocycles. The van der Waals surface area contributed by atoms with Crippen molar-refractivity contribution in [3.8, 4) is 0 Å². The summed E-state index contributed by atoms with van der Waals surface area (Å²) in [5.41, 5.74) is 3.18. The molecule has 2 rings (SSSR count). The van der Waals surface area contributed by atoms with Gasteiger partial charge in [0.05, 0.1) is 0 Å². The fourth-order valence-electron chi connectivity index (χ4n) is 1.94. The molecule has 1 heterocycles. The SMILES string of the molecule is Cc1[nH]c2cccc(Br)c2c1CCC(=O)O. The van der Waals surface area contributed by atoms with E-state index in [9.17, 15) is 4.79 Å². The van der Waals surface area contributed by atoms with E-state index < -0.39 is 5.97 Å². The summed E-state index contributed by atoms with van der Waals surface area (Å²) in [7, 11) is 0. The Bertz CT molecular complexity index is 545. The number of hydrogen-bond donors (Lipinski definition) is 2. The largest absolute Gasteiger partial charge is 0.481 e. The molecule has 0 spiro atoms. The minimum absolute atomic E-state index is 0.162. The van der Waals surface area contributed by atoms with Gasteiger partial charge in [-0.15, -0.1) is 0 Å². The van der Waals surface area contributed by atoms with Crippen LogP contribution in [0.5, 0.6) is 0 Å². The van der Waals surface area contributed by atoms with E-state index in [2.05, 4.69) is 20.9 Å². The van der Waals surface area contributed by atoms with Crippen molar-refractivity contribution < 1.29 is 9.90 Å². The molecule has 3 nitrogen and oxygen atoms in total. The molecule has 84 valence electrons. The number of benzene rings is 1. The zero-order valence-electron chi connectivity index (χ0n) is 8.88. The van der Waals surface area contributed by atoms with Gasteiger partial charge in [-0.05, 0) is 31.0 Å². The average Bonchev–Trinajstić information content (AvgIpc) is 2.52.